The van der Waals surface area contributed by atoms with Crippen LogP contribution >= 0.6 is 0 Å². The highest BCUT2D eigenvalue weighted by Gasteiger charge is 2.20. The monoisotopic (exact) mass is 289 g/mol. The number of tetrazole rings is 1. The molecule has 1 heterocycles. The summed E-state index contributed by atoms with van der Waals surface area (Å²) in [6, 6.07) is 6.48. The van der Waals surface area contributed by atoms with E-state index in [2.05, 4.69) is 47.7 Å². The smallest absolute Gasteiger partial charge is 0.143 e. The van der Waals surface area contributed by atoms with Crippen LogP contribution in [-0.2, 0) is 4.74 Å². The van der Waals surface area contributed by atoms with Gasteiger partial charge in [0.05, 0.1) is 11.3 Å². The first-order valence-corrected chi connectivity index (χ1v) is 7.07. The molecule has 1 atom stereocenters. The Hall–Kier alpha value is -1.95. The molecule has 0 radical (unpaired) electrons. The number of nitrogens with zero attached hydrogens (tertiary/aromatic N) is 4. The van der Waals surface area contributed by atoms with Gasteiger partial charge in [-0.2, -0.15) is 0 Å². The zero-order chi connectivity index (χ0) is 15.5. The van der Waals surface area contributed by atoms with Crippen LogP contribution in [0.2, 0.25) is 0 Å². The summed E-state index contributed by atoms with van der Waals surface area (Å²) in [5, 5.41) is 14.7. The fraction of sp³-hybridized carbons (Fsp3) is 0.533. The number of methoxy groups -OCH3 is 1. The molecule has 114 valence electrons. The van der Waals surface area contributed by atoms with Crippen molar-refractivity contribution in [1.82, 2.24) is 20.2 Å². The van der Waals surface area contributed by atoms with Gasteiger partial charge in [-0.15, -0.1) is 5.10 Å². The Labute approximate surface area is 125 Å². The molecule has 0 aliphatic carbocycles. The van der Waals surface area contributed by atoms with E-state index in [1.54, 1.807) is 18.1 Å². The predicted octanol–water partition coefficient (Wildman–Crippen LogP) is 2.59. The van der Waals surface area contributed by atoms with Crippen LogP contribution in [-0.4, -0.2) is 39.0 Å². The highest BCUT2D eigenvalue weighted by atomic mass is 16.5. The minimum atomic E-state index is -0.131. The fourth-order valence-corrected chi connectivity index (χ4v) is 2.43. The first-order valence-electron chi connectivity index (χ1n) is 7.07. The van der Waals surface area contributed by atoms with Crippen molar-refractivity contribution in [2.75, 3.05) is 12.4 Å². The van der Waals surface area contributed by atoms with Crippen molar-refractivity contribution in [3.05, 3.63) is 30.1 Å². The molecule has 1 N–H and O–H groups in total. The van der Waals surface area contributed by atoms with E-state index < -0.39 is 0 Å². The highest BCUT2D eigenvalue weighted by Crippen LogP contribution is 2.21. The zero-order valence-corrected chi connectivity index (χ0v) is 13.3. The molecule has 0 fully saturated rings. The van der Waals surface area contributed by atoms with E-state index in [0.717, 1.165) is 23.4 Å². The number of hydrogen-bond acceptors (Lipinski definition) is 5. The van der Waals surface area contributed by atoms with Crippen molar-refractivity contribution in [2.45, 2.75) is 45.8 Å². The van der Waals surface area contributed by atoms with Crippen LogP contribution in [0, 0.1) is 6.92 Å². The lowest BCUT2D eigenvalue weighted by molar-refractivity contribution is 0.0128. The molecular weight excluding hydrogens is 266 g/mol. The second kappa shape index (κ2) is 6.22. The fourth-order valence-electron chi connectivity index (χ4n) is 2.43. The van der Waals surface area contributed by atoms with Gasteiger partial charge in [0.15, 0.2) is 0 Å². The Morgan fingerprint density at radius 3 is 2.71 bits per heavy atom. The van der Waals surface area contributed by atoms with E-state index in [-0.39, 0.29) is 5.60 Å². The number of hydrogen-bond donors (Lipinski definition) is 1. The van der Waals surface area contributed by atoms with Gasteiger partial charge in [0, 0.05) is 18.8 Å². The first-order chi connectivity index (χ1) is 9.91. The van der Waals surface area contributed by atoms with E-state index >= 15 is 0 Å². The van der Waals surface area contributed by atoms with Crippen molar-refractivity contribution in [1.29, 1.82) is 0 Å². The number of aryl methyl sites for hydroxylation is 1. The summed E-state index contributed by atoms with van der Waals surface area (Å²) in [5.41, 5.74) is 3.05. The predicted molar refractivity (Wildman–Crippen MR) is 82.7 cm³/mol. The maximum Gasteiger partial charge on any atom is 0.143 e. The van der Waals surface area contributed by atoms with Crippen molar-refractivity contribution in [3.8, 4) is 5.69 Å². The highest BCUT2D eigenvalue weighted by molar-refractivity contribution is 5.53. The van der Waals surface area contributed by atoms with Crippen molar-refractivity contribution >= 4 is 5.69 Å². The van der Waals surface area contributed by atoms with Gasteiger partial charge in [-0.3, -0.25) is 0 Å². The van der Waals surface area contributed by atoms with E-state index in [1.807, 2.05) is 19.1 Å². The number of nitrogens with one attached hydrogen (secondary N) is 1. The van der Waals surface area contributed by atoms with Crippen LogP contribution in [0.25, 0.3) is 5.69 Å². The average Bonchev–Trinajstić information content (AvgIpc) is 2.92. The van der Waals surface area contributed by atoms with Gasteiger partial charge in [0.2, 0.25) is 0 Å². The molecule has 0 bridgehead atoms. The van der Waals surface area contributed by atoms with Crippen LogP contribution in [0.3, 0.4) is 0 Å². The maximum atomic E-state index is 5.47. The maximum absolute atomic E-state index is 5.47. The molecule has 1 aromatic heterocycles. The number of aromatic nitrogens is 4. The minimum Gasteiger partial charge on any atom is -0.382 e. The molecule has 0 spiro atoms. The van der Waals surface area contributed by atoms with Gasteiger partial charge in [-0.1, -0.05) is 0 Å². The zero-order valence-electron chi connectivity index (χ0n) is 13.3. The molecule has 6 nitrogen and oxygen atoms in total. The number of anilines is 1. The van der Waals surface area contributed by atoms with Crippen molar-refractivity contribution in [2.24, 2.45) is 0 Å². The van der Waals surface area contributed by atoms with Gasteiger partial charge in [0.25, 0.3) is 0 Å². The summed E-state index contributed by atoms with van der Waals surface area (Å²) >= 11 is 0. The number of benzene rings is 1. The molecule has 1 unspecified atom stereocenters. The van der Waals surface area contributed by atoms with E-state index in [0.29, 0.717) is 6.04 Å². The Morgan fingerprint density at radius 1 is 1.38 bits per heavy atom. The molecule has 2 rings (SSSR count). The quantitative estimate of drug-likeness (QED) is 0.885. The standard InChI is InChI=1S/C15H23N5O/c1-11-8-13(17-12(2)9-15(3,4)21-5)6-7-14(11)20-10-16-18-19-20/h6-8,10,12,17H,9H2,1-5H3. The second-order valence-corrected chi connectivity index (χ2v) is 5.97. The Kier molecular flexibility index (Phi) is 4.57. The van der Waals surface area contributed by atoms with Crippen LogP contribution in [0.4, 0.5) is 5.69 Å². The van der Waals surface area contributed by atoms with Crippen molar-refractivity contribution in [3.63, 3.8) is 0 Å². The third kappa shape index (κ3) is 4.01. The minimum absolute atomic E-state index is 0.131. The number of rotatable bonds is 6. The molecule has 21 heavy (non-hydrogen) atoms. The lowest BCUT2D eigenvalue weighted by Crippen LogP contribution is -2.31. The molecule has 0 amide bonds. The SMILES string of the molecule is COC(C)(C)CC(C)Nc1ccc(-n2cnnn2)c(C)c1. The second-order valence-electron chi connectivity index (χ2n) is 5.97. The summed E-state index contributed by atoms with van der Waals surface area (Å²) in [4.78, 5) is 0. The van der Waals surface area contributed by atoms with Crippen LogP contribution in [0.15, 0.2) is 24.5 Å². The Bertz CT molecular complexity index is 580. The Balaban J connectivity index is 2.07. The summed E-state index contributed by atoms with van der Waals surface area (Å²) in [7, 11) is 1.75. The third-order valence-corrected chi connectivity index (χ3v) is 3.56. The number of ether oxygens (including phenoxy) is 1. The lowest BCUT2D eigenvalue weighted by atomic mass is 9.99. The molecule has 0 saturated carbocycles. The van der Waals surface area contributed by atoms with Crippen molar-refractivity contribution < 1.29 is 4.74 Å². The van der Waals surface area contributed by atoms with Gasteiger partial charge in [-0.25, -0.2) is 4.68 Å². The lowest BCUT2D eigenvalue weighted by Gasteiger charge is -2.27. The van der Waals surface area contributed by atoms with Crippen LogP contribution < -0.4 is 5.32 Å². The normalized spacial score (nSPS) is 13.2. The molecular formula is C15H23N5O. The third-order valence-electron chi connectivity index (χ3n) is 3.56. The summed E-state index contributed by atoms with van der Waals surface area (Å²) < 4.78 is 7.14. The van der Waals surface area contributed by atoms with Gasteiger partial charge >= 0.3 is 0 Å². The Morgan fingerprint density at radius 2 is 2.14 bits per heavy atom. The largest absolute Gasteiger partial charge is 0.382 e. The van der Waals surface area contributed by atoms with Crippen LogP contribution in [0.5, 0.6) is 0 Å². The van der Waals surface area contributed by atoms with Gasteiger partial charge in [-0.05, 0) is 68.3 Å². The van der Waals surface area contributed by atoms with Gasteiger partial charge < -0.3 is 10.1 Å². The topological polar surface area (TPSA) is 64.9 Å². The molecule has 0 aliphatic heterocycles. The molecule has 1 aromatic carbocycles. The summed E-state index contributed by atoms with van der Waals surface area (Å²) in [5.74, 6) is 0. The van der Waals surface area contributed by atoms with E-state index in [4.69, 9.17) is 4.74 Å². The summed E-state index contributed by atoms with van der Waals surface area (Å²) in [6.45, 7) is 8.39. The molecule has 6 heteroatoms. The molecule has 2 aromatic rings. The van der Waals surface area contributed by atoms with Gasteiger partial charge in [0.1, 0.15) is 6.33 Å². The first kappa shape index (κ1) is 15.4. The molecule has 0 aliphatic rings. The average molecular weight is 289 g/mol. The molecule has 0 saturated heterocycles. The van der Waals surface area contributed by atoms with E-state index in [9.17, 15) is 0 Å². The van der Waals surface area contributed by atoms with E-state index in [1.165, 1.54) is 0 Å². The summed E-state index contributed by atoms with van der Waals surface area (Å²) in [6.07, 6.45) is 2.52. The van der Waals surface area contributed by atoms with Crippen LogP contribution in [0.1, 0.15) is 32.8 Å².